The monoisotopic (exact) mass is 293 g/mol. The van der Waals surface area contributed by atoms with E-state index in [0.717, 1.165) is 23.1 Å². The lowest BCUT2D eigenvalue weighted by atomic mass is 10.1. The van der Waals surface area contributed by atoms with Gasteiger partial charge in [0.2, 0.25) is 0 Å². The number of hydrogen-bond donors (Lipinski definition) is 2. The highest BCUT2D eigenvalue weighted by molar-refractivity contribution is 7.22. The van der Waals surface area contributed by atoms with Crippen molar-refractivity contribution in [3.63, 3.8) is 0 Å². The fourth-order valence-electron chi connectivity index (χ4n) is 2.10. The molecule has 1 aromatic heterocycles. The molecule has 5 nitrogen and oxygen atoms in total. The van der Waals surface area contributed by atoms with Gasteiger partial charge in [0.15, 0.2) is 5.13 Å². The number of ether oxygens (including phenoxy) is 1. The normalized spacial score (nSPS) is 12.5. The van der Waals surface area contributed by atoms with Crippen LogP contribution in [0.25, 0.3) is 10.2 Å². The van der Waals surface area contributed by atoms with Crippen molar-refractivity contribution in [3.8, 4) is 0 Å². The minimum absolute atomic E-state index is 0.0414. The lowest BCUT2D eigenvalue weighted by Crippen LogP contribution is -2.37. The van der Waals surface area contributed by atoms with E-state index in [-0.39, 0.29) is 11.9 Å². The van der Waals surface area contributed by atoms with Gasteiger partial charge in [-0.2, -0.15) is 0 Å². The molecule has 1 aromatic carbocycles. The molecule has 2 aromatic rings. The number of amides is 1. The molecule has 20 heavy (non-hydrogen) atoms. The molecule has 0 bridgehead atoms. The summed E-state index contributed by atoms with van der Waals surface area (Å²) in [5.41, 5.74) is 7.12. The van der Waals surface area contributed by atoms with Crippen molar-refractivity contribution < 1.29 is 9.53 Å². The van der Waals surface area contributed by atoms with E-state index in [1.807, 2.05) is 12.1 Å². The third kappa shape index (κ3) is 3.46. The lowest BCUT2D eigenvalue weighted by Gasteiger charge is -2.17. The highest BCUT2D eigenvalue weighted by atomic mass is 32.1. The number of nitrogens with two attached hydrogens (primary N) is 1. The van der Waals surface area contributed by atoms with Gasteiger partial charge in [-0.05, 0) is 24.6 Å². The van der Waals surface area contributed by atoms with E-state index in [0.29, 0.717) is 17.3 Å². The maximum atomic E-state index is 12.2. The summed E-state index contributed by atoms with van der Waals surface area (Å²) in [6.45, 7) is 2.61. The van der Waals surface area contributed by atoms with Crippen molar-refractivity contribution in [2.24, 2.45) is 0 Å². The molecule has 0 aliphatic rings. The predicted octanol–water partition coefficient (Wildman–Crippen LogP) is 2.42. The minimum Gasteiger partial charge on any atom is -0.383 e. The number of carbonyl (C=O) groups excluding carboxylic acids is 1. The zero-order valence-corrected chi connectivity index (χ0v) is 12.5. The second-order valence-electron chi connectivity index (χ2n) is 4.65. The van der Waals surface area contributed by atoms with Gasteiger partial charge in [0.25, 0.3) is 5.91 Å². The molecule has 1 unspecified atom stereocenters. The van der Waals surface area contributed by atoms with Crippen LogP contribution in [0.1, 0.15) is 30.1 Å². The minimum atomic E-state index is -0.0885. The second kappa shape index (κ2) is 6.67. The Morgan fingerprint density at radius 3 is 3.05 bits per heavy atom. The number of hydrogen-bond acceptors (Lipinski definition) is 5. The van der Waals surface area contributed by atoms with Gasteiger partial charge in [-0.3, -0.25) is 4.79 Å². The molecule has 0 spiro atoms. The fourth-order valence-corrected chi connectivity index (χ4v) is 2.87. The van der Waals surface area contributed by atoms with E-state index < -0.39 is 0 Å². The van der Waals surface area contributed by atoms with E-state index >= 15 is 0 Å². The number of benzene rings is 1. The number of aromatic nitrogens is 1. The summed E-state index contributed by atoms with van der Waals surface area (Å²) in [6.07, 6.45) is 1.90. The van der Waals surface area contributed by atoms with Crippen molar-refractivity contribution in [2.45, 2.75) is 25.8 Å². The van der Waals surface area contributed by atoms with Crippen LogP contribution in [0.4, 0.5) is 5.13 Å². The third-order valence-electron chi connectivity index (χ3n) is 3.01. The van der Waals surface area contributed by atoms with Crippen LogP contribution in [0, 0.1) is 0 Å². The van der Waals surface area contributed by atoms with E-state index in [9.17, 15) is 4.79 Å². The number of methoxy groups -OCH3 is 1. The molecule has 0 saturated heterocycles. The molecule has 1 heterocycles. The first kappa shape index (κ1) is 14.7. The van der Waals surface area contributed by atoms with Crippen LogP contribution in [0.15, 0.2) is 18.2 Å². The topological polar surface area (TPSA) is 77.2 Å². The Balaban J connectivity index is 2.13. The first-order valence-electron chi connectivity index (χ1n) is 6.60. The zero-order valence-electron chi connectivity index (χ0n) is 11.7. The summed E-state index contributed by atoms with van der Waals surface area (Å²) < 4.78 is 6.05. The van der Waals surface area contributed by atoms with Gasteiger partial charge < -0.3 is 15.8 Å². The number of fused-ring (bicyclic) bond motifs is 1. The molecular formula is C14H19N3O2S. The Bertz CT molecular complexity index is 591. The average molecular weight is 293 g/mol. The molecule has 108 valence electrons. The molecule has 0 radical (unpaired) electrons. The molecule has 2 rings (SSSR count). The number of nitrogens with one attached hydrogen (secondary N) is 1. The third-order valence-corrected chi connectivity index (χ3v) is 3.85. The van der Waals surface area contributed by atoms with Crippen LogP contribution < -0.4 is 11.1 Å². The Labute approximate surface area is 122 Å². The molecule has 1 atom stereocenters. The van der Waals surface area contributed by atoms with Crippen LogP contribution in [0.3, 0.4) is 0 Å². The van der Waals surface area contributed by atoms with Crippen LogP contribution in [-0.2, 0) is 4.74 Å². The van der Waals surface area contributed by atoms with Crippen molar-refractivity contribution in [1.29, 1.82) is 0 Å². The molecular weight excluding hydrogens is 274 g/mol. The van der Waals surface area contributed by atoms with Gasteiger partial charge in [0.05, 0.1) is 22.9 Å². The van der Waals surface area contributed by atoms with Gasteiger partial charge in [-0.1, -0.05) is 24.7 Å². The van der Waals surface area contributed by atoms with E-state index in [2.05, 4.69) is 17.2 Å². The van der Waals surface area contributed by atoms with Crippen LogP contribution in [0.2, 0.25) is 0 Å². The molecule has 6 heteroatoms. The fraction of sp³-hybridized carbons (Fsp3) is 0.429. The Morgan fingerprint density at radius 2 is 2.35 bits per heavy atom. The summed E-state index contributed by atoms with van der Waals surface area (Å²) in [6, 6.07) is 5.46. The number of carbonyl (C=O) groups is 1. The van der Waals surface area contributed by atoms with Crippen molar-refractivity contribution >= 4 is 32.6 Å². The average Bonchev–Trinajstić information content (AvgIpc) is 2.78. The van der Waals surface area contributed by atoms with Crippen LogP contribution >= 0.6 is 11.3 Å². The Morgan fingerprint density at radius 1 is 1.55 bits per heavy atom. The van der Waals surface area contributed by atoms with Gasteiger partial charge in [0.1, 0.15) is 0 Å². The van der Waals surface area contributed by atoms with E-state index in [1.165, 1.54) is 11.3 Å². The molecule has 3 N–H and O–H groups in total. The number of anilines is 1. The summed E-state index contributed by atoms with van der Waals surface area (Å²) in [7, 11) is 1.64. The summed E-state index contributed by atoms with van der Waals surface area (Å²) in [5.74, 6) is -0.0885. The highest BCUT2D eigenvalue weighted by Gasteiger charge is 2.14. The Kier molecular flexibility index (Phi) is 4.92. The lowest BCUT2D eigenvalue weighted by molar-refractivity contribution is 0.0892. The second-order valence-corrected chi connectivity index (χ2v) is 5.71. The van der Waals surface area contributed by atoms with Crippen molar-refractivity contribution in [1.82, 2.24) is 10.3 Å². The number of thiazole rings is 1. The van der Waals surface area contributed by atoms with Gasteiger partial charge in [-0.25, -0.2) is 4.98 Å². The standard InChI is InChI=1S/C14H19N3O2S/c1-3-4-10(8-19-2)16-13(18)9-5-6-11-12(7-9)20-14(15)17-11/h5-7,10H,3-4,8H2,1-2H3,(H2,15,17)(H,16,18). The van der Waals surface area contributed by atoms with E-state index in [1.54, 1.807) is 13.2 Å². The Hall–Kier alpha value is -1.66. The van der Waals surface area contributed by atoms with Gasteiger partial charge >= 0.3 is 0 Å². The smallest absolute Gasteiger partial charge is 0.251 e. The van der Waals surface area contributed by atoms with Gasteiger partial charge in [0, 0.05) is 12.7 Å². The summed E-state index contributed by atoms with van der Waals surface area (Å²) >= 11 is 1.39. The largest absolute Gasteiger partial charge is 0.383 e. The number of nitrogens with zero attached hydrogens (tertiary/aromatic N) is 1. The molecule has 1 amide bonds. The van der Waals surface area contributed by atoms with Gasteiger partial charge in [-0.15, -0.1) is 0 Å². The van der Waals surface area contributed by atoms with Crippen LogP contribution in [0.5, 0.6) is 0 Å². The highest BCUT2D eigenvalue weighted by Crippen LogP contribution is 2.24. The predicted molar refractivity (Wildman–Crippen MR) is 82.1 cm³/mol. The molecule has 0 aliphatic heterocycles. The maximum absolute atomic E-state index is 12.2. The maximum Gasteiger partial charge on any atom is 0.251 e. The summed E-state index contributed by atoms with van der Waals surface area (Å²) in [4.78, 5) is 16.4. The quantitative estimate of drug-likeness (QED) is 0.857. The molecule has 0 saturated carbocycles. The van der Waals surface area contributed by atoms with Crippen molar-refractivity contribution in [3.05, 3.63) is 23.8 Å². The molecule has 0 aliphatic carbocycles. The SMILES string of the molecule is CCCC(COC)NC(=O)c1ccc2nc(N)sc2c1. The van der Waals surface area contributed by atoms with Crippen molar-refractivity contribution in [2.75, 3.05) is 19.5 Å². The first-order chi connectivity index (χ1) is 9.63. The van der Waals surface area contributed by atoms with Crippen LogP contribution in [-0.4, -0.2) is 30.6 Å². The van der Waals surface area contributed by atoms with E-state index in [4.69, 9.17) is 10.5 Å². The summed E-state index contributed by atoms with van der Waals surface area (Å²) in [5, 5.41) is 3.51. The first-order valence-corrected chi connectivity index (χ1v) is 7.41. The number of nitrogen functional groups attached to an aromatic ring is 1. The molecule has 0 fully saturated rings. The zero-order chi connectivity index (χ0) is 14.5. The number of rotatable bonds is 6.